The van der Waals surface area contributed by atoms with Crippen LogP contribution in [0.2, 0.25) is 0 Å². The van der Waals surface area contributed by atoms with Crippen LogP contribution in [0.5, 0.6) is 5.75 Å². The smallest absolute Gasteiger partial charge is 0.140 e. The van der Waals surface area contributed by atoms with Gasteiger partial charge in [0.05, 0.1) is 5.69 Å². The molecule has 3 nitrogen and oxygen atoms in total. The van der Waals surface area contributed by atoms with Gasteiger partial charge in [-0.3, -0.25) is 0 Å². The highest BCUT2D eigenvalue weighted by Gasteiger charge is 2.17. The molecule has 1 aromatic carbocycles. The van der Waals surface area contributed by atoms with Gasteiger partial charge in [-0.1, -0.05) is 0 Å². The summed E-state index contributed by atoms with van der Waals surface area (Å²) in [5.41, 5.74) is 8.37. The Bertz CT molecular complexity index is 323. The minimum Gasteiger partial charge on any atom is -0.506 e. The number of nitrogen functional groups attached to an aromatic ring is 1. The van der Waals surface area contributed by atoms with Crippen LogP contribution in [-0.4, -0.2) is 18.7 Å². The van der Waals surface area contributed by atoms with Crippen molar-refractivity contribution in [3.05, 3.63) is 17.7 Å². The Hall–Kier alpha value is -1.38. The number of likely N-dealkylation sites (N-methyl/N-ethyl adjacent to an activating group) is 1. The van der Waals surface area contributed by atoms with Gasteiger partial charge in [0.1, 0.15) is 5.75 Å². The Morgan fingerprint density at radius 3 is 3.00 bits per heavy atom. The van der Waals surface area contributed by atoms with Crippen LogP contribution in [0.3, 0.4) is 0 Å². The van der Waals surface area contributed by atoms with Crippen molar-refractivity contribution in [3.63, 3.8) is 0 Å². The Morgan fingerprint density at radius 2 is 2.25 bits per heavy atom. The van der Waals surface area contributed by atoms with E-state index in [9.17, 15) is 5.11 Å². The van der Waals surface area contributed by atoms with Crippen molar-refractivity contribution in [2.75, 3.05) is 24.2 Å². The zero-order chi connectivity index (χ0) is 8.72. The molecule has 3 heteroatoms. The lowest BCUT2D eigenvalue weighted by Crippen LogP contribution is -2.12. The fraction of sp³-hybridized carbons (Fsp3) is 0.333. The van der Waals surface area contributed by atoms with Crippen LogP contribution < -0.4 is 10.6 Å². The van der Waals surface area contributed by atoms with E-state index in [1.165, 1.54) is 5.56 Å². The molecule has 0 bridgehead atoms. The first-order valence-electron chi connectivity index (χ1n) is 4.01. The van der Waals surface area contributed by atoms with E-state index >= 15 is 0 Å². The molecule has 1 aromatic rings. The van der Waals surface area contributed by atoms with Crippen LogP contribution in [0.1, 0.15) is 5.56 Å². The second-order valence-corrected chi connectivity index (χ2v) is 3.21. The Kier molecular flexibility index (Phi) is 1.40. The lowest BCUT2D eigenvalue weighted by molar-refractivity contribution is 0.478. The van der Waals surface area contributed by atoms with Gasteiger partial charge < -0.3 is 15.7 Å². The molecule has 0 radical (unpaired) electrons. The molecular formula is C9H12N2O. The molecule has 1 aliphatic rings. The molecule has 64 valence electrons. The van der Waals surface area contributed by atoms with Gasteiger partial charge in [-0.2, -0.15) is 0 Å². The average molecular weight is 164 g/mol. The quantitative estimate of drug-likeness (QED) is 0.443. The summed E-state index contributed by atoms with van der Waals surface area (Å²) in [5.74, 6) is 0.183. The first-order valence-corrected chi connectivity index (χ1v) is 4.01. The van der Waals surface area contributed by atoms with Gasteiger partial charge in [0.25, 0.3) is 0 Å². The van der Waals surface area contributed by atoms with Crippen LogP contribution >= 0.6 is 0 Å². The van der Waals surface area contributed by atoms with E-state index in [2.05, 4.69) is 4.90 Å². The third kappa shape index (κ3) is 0.897. The molecule has 1 heterocycles. The highest BCUT2D eigenvalue weighted by molar-refractivity contribution is 5.68. The number of hydrogen-bond acceptors (Lipinski definition) is 3. The summed E-state index contributed by atoms with van der Waals surface area (Å²) in [5, 5.41) is 9.35. The van der Waals surface area contributed by atoms with Crippen LogP contribution in [0.4, 0.5) is 11.4 Å². The van der Waals surface area contributed by atoms with Gasteiger partial charge >= 0.3 is 0 Å². The minimum absolute atomic E-state index is 0.183. The monoisotopic (exact) mass is 164 g/mol. The highest BCUT2D eigenvalue weighted by Crippen LogP contribution is 2.34. The fourth-order valence-corrected chi connectivity index (χ4v) is 1.61. The molecule has 0 unspecified atom stereocenters. The van der Waals surface area contributed by atoms with Crippen LogP contribution in [0.25, 0.3) is 0 Å². The van der Waals surface area contributed by atoms with Crippen LogP contribution in [0, 0.1) is 0 Å². The molecule has 0 fully saturated rings. The zero-order valence-corrected chi connectivity index (χ0v) is 7.04. The van der Waals surface area contributed by atoms with E-state index in [4.69, 9.17) is 5.73 Å². The van der Waals surface area contributed by atoms with Crippen LogP contribution in [-0.2, 0) is 6.42 Å². The molecule has 0 amide bonds. The maximum Gasteiger partial charge on any atom is 0.140 e. The molecule has 12 heavy (non-hydrogen) atoms. The van der Waals surface area contributed by atoms with Gasteiger partial charge in [0.2, 0.25) is 0 Å². The third-order valence-corrected chi connectivity index (χ3v) is 2.36. The summed E-state index contributed by atoms with van der Waals surface area (Å²) in [6, 6.07) is 3.59. The predicted molar refractivity (Wildman–Crippen MR) is 49.5 cm³/mol. The van der Waals surface area contributed by atoms with Crippen molar-refractivity contribution in [2.24, 2.45) is 0 Å². The second kappa shape index (κ2) is 2.30. The third-order valence-electron chi connectivity index (χ3n) is 2.36. The van der Waals surface area contributed by atoms with E-state index in [-0.39, 0.29) is 5.75 Å². The van der Waals surface area contributed by atoms with E-state index in [0.717, 1.165) is 18.7 Å². The highest BCUT2D eigenvalue weighted by atomic mass is 16.3. The molecule has 0 saturated heterocycles. The van der Waals surface area contributed by atoms with Gasteiger partial charge in [-0.05, 0) is 18.1 Å². The van der Waals surface area contributed by atoms with Crippen molar-refractivity contribution < 1.29 is 5.11 Å². The molecule has 0 atom stereocenters. The number of phenolic OH excluding ortho intramolecular Hbond substituents is 1. The predicted octanol–water partition coefficient (Wildman–Crippen LogP) is 0.967. The topological polar surface area (TPSA) is 49.5 Å². The summed E-state index contributed by atoms with van der Waals surface area (Å²) < 4.78 is 0. The van der Waals surface area contributed by atoms with E-state index in [0.29, 0.717) is 5.69 Å². The van der Waals surface area contributed by atoms with Crippen molar-refractivity contribution in [2.45, 2.75) is 6.42 Å². The van der Waals surface area contributed by atoms with Crippen molar-refractivity contribution in [3.8, 4) is 5.75 Å². The number of nitrogens with zero attached hydrogens (tertiary/aromatic N) is 1. The van der Waals surface area contributed by atoms with Crippen molar-refractivity contribution >= 4 is 11.4 Å². The largest absolute Gasteiger partial charge is 0.506 e. The molecule has 3 N–H and O–H groups in total. The number of aromatic hydroxyl groups is 1. The van der Waals surface area contributed by atoms with Gasteiger partial charge in [0, 0.05) is 25.3 Å². The average Bonchev–Trinajstić information content (AvgIpc) is 2.35. The molecule has 2 rings (SSSR count). The summed E-state index contributed by atoms with van der Waals surface area (Å²) in [6.07, 6.45) is 1.02. The first kappa shape index (κ1) is 7.28. The molecule has 0 aliphatic carbocycles. The van der Waals surface area contributed by atoms with E-state index < -0.39 is 0 Å². The number of anilines is 2. The zero-order valence-electron chi connectivity index (χ0n) is 7.04. The minimum atomic E-state index is 0.183. The van der Waals surface area contributed by atoms with Gasteiger partial charge in [-0.25, -0.2) is 0 Å². The van der Waals surface area contributed by atoms with Gasteiger partial charge in [0.15, 0.2) is 0 Å². The van der Waals surface area contributed by atoms with Gasteiger partial charge in [-0.15, -0.1) is 0 Å². The molecule has 0 saturated carbocycles. The normalized spacial score (nSPS) is 14.9. The van der Waals surface area contributed by atoms with E-state index in [1.54, 1.807) is 6.07 Å². The SMILES string of the molecule is CN1CCc2cc(N)c(O)cc21. The summed E-state index contributed by atoms with van der Waals surface area (Å²) in [6.45, 7) is 1.01. The number of phenols is 1. The summed E-state index contributed by atoms with van der Waals surface area (Å²) in [4.78, 5) is 2.12. The Balaban J connectivity index is 2.56. The first-order chi connectivity index (χ1) is 5.68. The molecule has 1 aliphatic heterocycles. The van der Waals surface area contributed by atoms with Crippen molar-refractivity contribution in [1.82, 2.24) is 0 Å². The number of benzene rings is 1. The van der Waals surface area contributed by atoms with E-state index in [1.807, 2.05) is 13.1 Å². The fourth-order valence-electron chi connectivity index (χ4n) is 1.61. The lowest BCUT2D eigenvalue weighted by Gasteiger charge is -2.12. The summed E-state index contributed by atoms with van der Waals surface area (Å²) >= 11 is 0. The number of fused-ring (bicyclic) bond motifs is 1. The maximum absolute atomic E-state index is 9.35. The van der Waals surface area contributed by atoms with Crippen molar-refractivity contribution in [1.29, 1.82) is 0 Å². The second-order valence-electron chi connectivity index (χ2n) is 3.21. The lowest BCUT2D eigenvalue weighted by atomic mass is 10.1. The Labute approximate surface area is 71.4 Å². The standard InChI is InChI=1S/C9H12N2O/c1-11-3-2-6-4-7(10)9(12)5-8(6)11/h4-5,12H,2-3,10H2,1H3. The molecule has 0 aromatic heterocycles. The molecule has 0 spiro atoms. The van der Waals surface area contributed by atoms with Crippen LogP contribution in [0.15, 0.2) is 12.1 Å². The maximum atomic E-state index is 9.35. The number of nitrogens with two attached hydrogens (primary N) is 1. The number of hydrogen-bond donors (Lipinski definition) is 2. The number of rotatable bonds is 0. The molecular weight excluding hydrogens is 152 g/mol. The summed E-state index contributed by atoms with van der Waals surface area (Å²) in [7, 11) is 2.02. The Morgan fingerprint density at radius 1 is 1.50 bits per heavy atom.